The number of benzene rings is 5. The molecule has 1 spiro atoms. The fourth-order valence-electron chi connectivity index (χ4n) is 11.4. The Balaban J connectivity index is 1.36. The van der Waals surface area contributed by atoms with Crippen LogP contribution in [0.2, 0.25) is 0 Å². The van der Waals surface area contributed by atoms with Gasteiger partial charge < -0.3 is 14.2 Å². The van der Waals surface area contributed by atoms with Crippen molar-refractivity contribution in [3.63, 3.8) is 0 Å². The molecule has 0 N–H and O–H groups in total. The molecule has 1 aliphatic heterocycles. The largest absolute Gasteiger partial charge is 0.497 e. The Kier molecular flexibility index (Phi) is 9.17. The van der Waals surface area contributed by atoms with E-state index in [0.717, 1.165) is 41.2 Å². The number of rotatable bonds is 7. The van der Waals surface area contributed by atoms with Crippen LogP contribution in [0.4, 0.5) is 0 Å². The molecule has 5 aromatic rings. The molecule has 2 fully saturated rings. The van der Waals surface area contributed by atoms with Crippen molar-refractivity contribution in [2.45, 2.75) is 105 Å². The van der Waals surface area contributed by atoms with E-state index in [1.165, 1.54) is 86.9 Å². The van der Waals surface area contributed by atoms with Crippen molar-refractivity contribution in [3.05, 3.63) is 119 Å². The molecular formula is C50H54O3S2. The van der Waals surface area contributed by atoms with Gasteiger partial charge in [-0.2, -0.15) is 0 Å². The van der Waals surface area contributed by atoms with Crippen LogP contribution in [0.15, 0.2) is 101 Å². The molecule has 5 heteroatoms. The van der Waals surface area contributed by atoms with Gasteiger partial charge in [-0.1, -0.05) is 102 Å². The molecule has 0 aromatic heterocycles. The predicted octanol–water partition coefficient (Wildman–Crippen LogP) is 13.9. The molecule has 0 radical (unpaired) electrons. The molecule has 0 atom stereocenters. The average Bonchev–Trinajstić information content (AvgIpc) is 3.45. The molecule has 0 bridgehead atoms. The van der Waals surface area contributed by atoms with Gasteiger partial charge in [0.2, 0.25) is 0 Å². The Bertz CT molecular complexity index is 2230. The van der Waals surface area contributed by atoms with Gasteiger partial charge in [0.25, 0.3) is 0 Å². The number of methoxy groups -OCH3 is 2. The van der Waals surface area contributed by atoms with Crippen LogP contribution in [0.25, 0.3) is 28.0 Å². The van der Waals surface area contributed by atoms with Crippen LogP contribution in [0, 0.1) is 10.8 Å². The van der Waals surface area contributed by atoms with Crippen molar-refractivity contribution in [2.24, 2.45) is 10.8 Å². The summed E-state index contributed by atoms with van der Waals surface area (Å²) in [7, 11) is 3.44. The number of hydrogen-bond donors (Lipinski definition) is 0. The summed E-state index contributed by atoms with van der Waals surface area (Å²) in [5, 5.41) is 3.19. The Morgan fingerprint density at radius 3 is 1.89 bits per heavy atom. The van der Waals surface area contributed by atoms with Crippen molar-refractivity contribution in [2.75, 3.05) is 20.5 Å². The Hall–Kier alpha value is -3.80. The van der Waals surface area contributed by atoms with Crippen LogP contribution >= 0.6 is 23.5 Å². The molecule has 3 aliphatic carbocycles. The zero-order valence-electron chi connectivity index (χ0n) is 33.5. The summed E-state index contributed by atoms with van der Waals surface area (Å²) in [6.45, 7) is 9.99. The summed E-state index contributed by atoms with van der Waals surface area (Å²) in [6, 6.07) is 31.2. The maximum Gasteiger partial charge on any atom is 0.178 e. The van der Waals surface area contributed by atoms with Crippen molar-refractivity contribution >= 4 is 40.4 Å². The van der Waals surface area contributed by atoms with E-state index in [9.17, 15) is 0 Å². The fraction of sp³-hybridized carbons (Fsp3) is 0.400. The van der Waals surface area contributed by atoms with Crippen LogP contribution < -0.4 is 14.2 Å². The van der Waals surface area contributed by atoms with Gasteiger partial charge in [-0.15, -0.1) is 23.5 Å². The lowest BCUT2D eigenvalue weighted by Gasteiger charge is -2.52. The van der Waals surface area contributed by atoms with Crippen LogP contribution in [0.1, 0.15) is 107 Å². The first-order valence-corrected chi connectivity index (χ1v) is 22.3. The maximum atomic E-state index is 7.82. The third kappa shape index (κ3) is 6.11. The zero-order valence-corrected chi connectivity index (χ0v) is 35.1. The molecule has 3 nitrogen and oxygen atoms in total. The van der Waals surface area contributed by atoms with E-state index in [-0.39, 0.29) is 16.2 Å². The number of hydrogen-bond acceptors (Lipinski definition) is 5. The molecule has 284 valence electrons. The second-order valence-corrected chi connectivity index (χ2v) is 20.2. The van der Waals surface area contributed by atoms with E-state index in [1.807, 2.05) is 36.0 Å². The third-order valence-corrected chi connectivity index (χ3v) is 15.2. The molecule has 5 aromatic carbocycles. The number of thioether (sulfide) groups is 2. The number of fused-ring (bicyclic) bond motifs is 10. The highest BCUT2D eigenvalue weighted by atomic mass is 32.2. The van der Waals surface area contributed by atoms with Crippen molar-refractivity contribution < 1.29 is 14.2 Å². The summed E-state index contributed by atoms with van der Waals surface area (Å²) in [5.41, 5.74) is 8.46. The Morgan fingerprint density at radius 1 is 0.691 bits per heavy atom. The van der Waals surface area contributed by atoms with E-state index in [0.29, 0.717) is 5.25 Å². The first-order valence-electron chi connectivity index (χ1n) is 20.2. The van der Waals surface area contributed by atoms with E-state index < -0.39 is 5.60 Å². The molecule has 4 aliphatic rings. The third-order valence-electron chi connectivity index (χ3n) is 12.9. The SMILES string of the molecule is COc1ccc(C2(c3ccc(OC)cc3)C=Cc3c4c(c5cc(SC6CCCCC6)c(SC)cc5c3O2)-c2ccccc2C42CC(C)(C)CC(C)(C)C2)cc1. The summed E-state index contributed by atoms with van der Waals surface area (Å²) < 4.78 is 19.1. The maximum absolute atomic E-state index is 7.82. The van der Waals surface area contributed by atoms with Gasteiger partial charge in [0.1, 0.15) is 17.2 Å². The number of ether oxygens (including phenoxy) is 3. The summed E-state index contributed by atoms with van der Waals surface area (Å²) in [5.74, 6) is 2.64. The molecule has 1 heterocycles. The first kappa shape index (κ1) is 36.8. The smallest absolute Gasteiger partial charge is 0.178 e. The fourth-order valence-corrected chi connectivity index (χ4v) is 13.6. The predicted molar refractivity (Wildman–Crippen MR) is 233 cm³/mol. The van der Waals surface area contributed by atoms with Crippen LogP contribution in [0.3, 0.4) is 0 Å². The lowest BCUT2D eigenvalue weighted by molar-refractivity contribution is 0.0642. The quantitative estimate of drug-likeness (QED) is 0.154. The van der Waals surface area contributed by atoms with E-state index in [1.54, 1.807) is 14.2 Å². The molecule has 0 saturated heterocycles. The minimum absolute atomic E-state index is 0.141. The minimum Gasteiger partial charge on any atom is -0.497 e. The van der Waals surface area contributed by atoms with Crippen molar-refractivity contribution in [1.29, 1.82) is 0 Å². The lowest BCUT2D eigenvalue weighted by Crippen LogP contribution is -2.44. The second-order valence-electron chi connectivity index (χ2n) is 18.0. The van der Waals surface area contributed by atoms with Gasteiger partial charge in [-0.05, 0) is 119 Å². The average molecular weight is 767 g/mol. The zero-order chi connectivity index (χ0) is 38.2. The summed E-state index contributed by atoms with van der Waals surface area (Å²) >= 11 is 3.99. The Morgan fingerprint density at radius 2 is 1.29 bits per heavy atom. The Labute approximate surface area is 336 Å². The van der Waals surface area contributed by atoms with E-state index in [2.05, 4.69) is 119 Å². The lowest BCUT2D eigenvalue weighted by atomic mass is 9.52. The molecule has 2 saturated carbocycles. The molecule has 9 rings (SSSR count). The molecule has 55 heavy (non-hydrogen) atoms. The molecular weight excluding hydrogens is 713 g/mol. The highest BCUT2D eigenvalue weighted by Crippen LogP contribution is 2.67. The van der Waals surface area contributed by atoms with Gasteiger partial charge in [0.15, 0.2) is 5.60 Å². The van der Waals surface area contributed by atoms with Gasteiger partial charge in [-0.3, -0.25) is 0 Å². The van der Waals surface area contributed by atoms with Crippen LogP contribution in [-0.2, 0) is 11.0 Å². The van der Waals surface area contributed by atoms with Crippen molar-refractivity contribution in [3.8, 4) is 28.4 Å². The highest BCUT2D eigenvalue weighted by Gasteiger charge is 2.55. The summed E-state index contributed by atoms with van der Waals surface area (Å²) in [6.07, 6.45) is 17.0. The van der Waals surface area contributed by atoms with Crippen LogP contribution in [0.5, 0.6) is 17.2 Å². The monoisotopic (exact) mass is 766 g/mol. The summed E-state index contributed by atoms with van der Waals surface area (Å²) in [4.78, 5) is 2.75. The van der Waals surface area contributed by atoms with Crippen molar-refractivity contribution in [1.82, 2.24) is 0 Å². The van der Waals surface area contributed by atoms with Crippen LogP contribution in [-0.4, -0.2) is 25.7 Å². The normalized spacial score (nSPS) is 20.1. The molecule has 0 unspecified atom stereocenters. The molecule has 0 amide bonds. The minimum atomic E-state index is -0.870. The van der Waals surface area contributed by atoms with Gasteiger partial charge in [0.05, 0.1) is 14.2 Å². The van der Waals surface area contributed by atoms with Gasteiger partial charge >= 0.3 is 0 Å². The highest BCUT2D eigenvalue weighted by molar-refractivity contribution is 8.02. The first-order chi connectivity index (χ1) is 26.5. The second kappa shape index (κ2) is 13.7. The van der Waals surface area contributed by atoms with Gasteiger partial charge in [0, 0.05) is 42.5 Å². The standard InChI is InChI=1S/C50H54O3S2/c1-47(2)29-48(3,4)31-49(30-47)41-16-12-11-15-37(41)44-39-27-43(55-36-13-9-8-10-14-36)42(54-7)28-40(39)46-38(45(44)49)25-26-50(53-46,32-17-21-34(51-5)22-18-32)33-19-23-35(52-6)24-20-33/h11-12,15-28,36H,8-10,13-14,29-31H2,1-7H3. The topological polar surface area (TPSA) is 27.7 Å². The van der Waals surface area contributed by atoms with E-state index >= 15 is 0 Å². The van der Waals surface area contributed by atoms with Gasteiger partial charge in [-0.25, -0.2) is 0 Å². The van der Waals surface area contributed by atoms with E-state index in [4.69, 9.17) is 14.2 Å².